The molecule has 0 bridgehead atoms. The zero-order valence-corrected chi connectivity index (χ0v) is 10.9. The fourth-order valence-electron chi connectivity index (χ4n) is 1.39. The Morgan fingerprint density at radius 2 is 1.89 bits per heavy atom. The highest BCUT2D eigenvalue weighted by Gasteiger charge is 2.26. The van der Waals surface area contributed by atoms with Gasteiger partial charge < -0.3 is 20.3 Å². The van der Waals surface area contributed by atoms with Crippen molar-refractivity contribution in [2.75, 3.05) is 18.3 Å². The predicted octanol–water partition coefficient (Wildman–Crippen LogP) is 0.431. The molecule has 2 atom stereocenters. The lowest BCUT2D eigenvalue weighted by molar-refractivity contribution is -0.156. The van der Waals surface area contributed by atoms with Crippen LogP contribution in [0.2, 0.25) is 0 Å². The number of amides is 1. The summed E-state index contributed by atoms with van der Waals surface area (Å²) in [5.41, 5.74) is 0.816. The summed E-state index contributed by atoms with van der Waals surface area (Å²) in [6.45, 7) is 0. The van der Waals surface area contributed by atoms with E-state index in [0.29, 0.717) is 11.3 Å². The van der Waals surface area contributed by atoms with Crippen LogP contribution in [0.15, 0.2) is 24.3 Å². The van der Waals surface area contributed by atoms with E-state index in [4.69, 9.17) is 11.6 Å². The highest BCUT2D eigenvalue weighted by atomic mass is 35.5. The van der Waals surface area contributed by atoms with Gasteiger partial charge >= 0.3 is 5.97 Å². The Labute approximate surface area is 114 Å². The van der Waals surface area contributed by atoms with Crippen LogP contribution in [0.25, 0.3) is 0 Å². The summed E-state index contributed by atoms with van der Waals surface area (Å²) >= 11 is 5.34. The summed E-state index contributed by atoms with van der Waals surface area (Å²) in [6.07, 6.45) is -3.06. The molecule has 104 valence electrons. The van der Waals surface area contributed by atoms with Gasteiger partial charge in [0, 0.05) is 5.69 Å². The van der Waals surface area contributed by atoms with Gasteiger partial charge in [0.25, 0.3) is 0 Å². The summed E-state index contributed by atoms with van der Waals surface area (Å²) in [5, 5.41) is 21.7. The SMILES string of the molecule is COC(=O)C(O)C(O)c1ccc(NC(=O)CCl)cc1. The zero-order valence-electron chi connectivity index (χ0n) is 10.2. The molecule has 1 aromatic carbocycles. The number of hydrogen-bond donors (Lipinski definition) is 3. The highest BCUT2D eigenvalue weighted by Crippen LogP contribution is 2.20. The van der Waals surface area contributed by atoms with Gasteiger partial charge in [-0.3, -0.25) is 4.79 Å². The van der Waals surface area contributed by atoms with Crippen LogP contribution in [0, 0.1) is 0 Å². The minimum Gasteiger partial charge on any atom is -0.467 e. The molecule has 0 aromatic heterocycles. The van der Waals surface area contributed by atoms with Gasteiger partial charge in [0.2, 0.25) is 5.91 Å². The Hall–Kier alpha value is -1.63. The van der Waals surface area contributed by atoms with Crippen LogP contribution < -0.4 is 5.32 Å². The second-order valence-electron chi connectivity index (χ2n) is 3.72. The van der Waals surface area contributed by atoms with Gasteiger partial charge in [0.05, 0.1) is 7.11 Å². The summed E-state index contributed by atoms with van der Waals surface area (Å²) in [5.74, 6) is -1.44. The minimum atomic E-state index is -1.66. The fraction of sp³-hybridized carbons (Fsp3) is 0.333. The Balaban J connectivity index is 2.75. The number of esters is 1. The second kappa shape index (κ2) is 7.08. The van der Waals surface area contributed by atoms with Crippen molar-refractivity contribution in [1.29, 1.82) is 0 Å². The molecule has 0 saturated carbocycles. The normalized spacial score (nSPS) is 13.5. The lowest BCUT2D eigenvalue weighted by Crippen LogP contribution is -2.29. The maximum Gasteiger partial charge on any atom is 0.337 e. The van der Waals surface area contributed by atoms with Crippen LogP contribution in [0.3, 0.4) is 0 Å². The van der Waals surface area contributed by atoms with E-state index in [0.717, 1.165) is 7.11 Å². The maximum absolute atomic E-state index is 11.1. The zero-order chi connectivity index (χ0) is 14.4. The van der Waals surface area contributed by atoms with Crippen LogP contribution in [0.1, 0.15) is 11.7 Å². The molecular weight excluding hydrogens is 274 g/mol. The molecule has 0 radical (unpaired) electrons. The third kappa shape index (κ3) is 4.20. The van der Waals surface area contributed by atoms with E-state index in [-0.39, 0.29) is 11.8 Å². The van der Waals surface area contributed by atoms with Crippen LogP contribution >= 0.6 is 11.6 Å². The van der Waals surface area contributed by atoms with Crippen LogP contribution in [0.4, 0.5) is 5.69 Å². The van der Waals surface area contributed by atoms with E-state index in [9.17, 15) is 19.8 Å². The number of methoxy groups -OCH3 is 1. The van der Waals surface area contributed by atoms with Crippen molar-refractivity contribution >= 4 is 29.2 Å². The number of carbonyl (C=O) groups excluding carboxylic acids is 2. The number of halogens is 1. The van der Waals surface area contributed by atoms with Crippen molar-refractivity contribution in [3.05, 3.63) is 29.8 Å². The molecule has 0 spiro atoms. The van der Waals surface area contributed by atoms with Crippen molar-refractivity contribution in [2.24, 2.45) is 0 Å². The molecule has 7 heteroatoms. The minimum absolute atomic E-state index is 0.161. The number of carbonyl (C=O) groups is 2. The molecule has 0 aliphatic rings. The Kier molecular flexibility index (Phi) is 5.75. The number of alkyl halides is 1. The number of rotatable bonds is 5. The number of anilines is 1. The Morgan fingerprint density at radius 1 is 1.32 bits per heavy atom. The molecular formula is C12H14ClNO5. The molecule has 19 heavy (non-hydrogen) atoms. The standard InChI is InChI=1S/C12H14ClNO5/c1-19-12(18)11(17)10(16)7-2-4-8(5-3-7)14-9(15)6-13/h2-5,10-11,16-17H,6H2,1H3,(H,14,15). The van der Waals surface area contributed by atoms with Gasteiger partial charge in [0.1, 0.15) is 12.0 Å². The highest BCUT2D eigenvalue weighted by molar-refractivity contribution is 6.29. The van der Waals surface area contributed by atoms with Crippen molar-refractivity contribution < 1.29 is 24.5 Å². The number of ether oxygens (including phenoxy) is 1. The first-order chi connectivity index (χ1) is 8.99. The summed E-state index contributed by atoms with van der Waals surface area (Å²) in [6, 6.07) is 5.99. The first-order valence-electron chi connectivity index (χ1n) is 5.39. The molecule has 1 rings (SSSR count). The molecule has 0 aliphatic carbocycles. The smallest absolute Gasteiger partial charge is 0.337 e. The molecule has 0 heterocycles. The van der Waals surface area contributed by atoms with Crippen molar-refractivity contribution in [2.45, 2.75) is 12.2 Å². The van der Waals surface area contributed by atoms with Crippen LogP contribution in [0.5, 0.6) is 0 Å². The number of benzene rings is 1. The Morgan fingerprint density at radius 3 is 2.37 bits per heavy atom. The van der Waals surface area contributed by atoms with Gasteiger partial charge in [-0.25, -0.2) is 4.79 Å². The average Bonchev–Trinajstić information content (AvgIpc) is 2.45. The van der Waals surface area contributed by atoms with Crippen LogP contribution in [-0.2, 0) is 14.3 Å². The first-order valence-corrected chi connectivity index (χ1v) is 5.92. The predicted molar refractivity (Wildman–Crippen MR) is 68.8 cm³/mol. The maximum atomic E-state index is 11.1. The van der Waals surface area contributed by atoms with Crippen molar-refractivity contribution in [3.8, 4) is 0 Å². The molecule has 1 aromatic rings. The van der Waals surface area contributed by atoms with Gasteiger partial charge in [0.15, 0.2) is 6.10 Å². The summed E-state index contributed by atoms with van der Waals surface area (Å²) < 4.78 is 4.32. The number of hydrogen-bond acceptors (Lipinski definition) is 5. The Bertz CT molecular complexity index is 448. The molecule has 3 N–H and O–H groups in total. The van der Waals surface area contributed by atoms with Gasteiger partial charge in [-0.15, -0.1) is 11.6 Å². The van der Waals surface area contributed by atoms with E-state index in [2.05, 4.69) is 10.1 Å². The van der Waals surface area contributed by atoms with Gasteiger partial charge in [-0.2, -0.15) is 0 Å². The van der Waals surface area contributed by atoms with E-state index in [1.54, 1.807) is 0 Å². The van der Waals surface area contributed by atoms with E-state index in [1.807, 2.05) is 0 Å². The second-order valence-corrected chi connectivity index (χ2v) is 3.98. The van der Waals surface area contributed by atoms with E-state index < -0.39 is 18.2 Å². The molecule has 0 saturated heterocycles. The van der Waals surface area contributed by atoms with E-state index in [1.165, 1.54) is 24.3 Å². The summed E-state index contributed by atoms with van der Waals surface area (Å²) in [4.78, 5) is 22.1. The van der Waals surface area contributed by atoms with Gasteiger partial charge in [-0.1, -0.05) is 12.1 Å². The fourth-order valence-corrected chi connectivity index (χ4v) is 1.46. The molecule has 2 unspecified atom stereocenters. The first kappa shape index (κ1) is 15.4. The van der Waals surface area contributed by atoms with Crippen molar-refractivity contribution in [1.82, 2.24) is 0 Å². The largest absolute Gasteiger partial charge is 0.467 e. The number of nitrogens with one attached hydrogen (secondary N) is 1. The van der Waals surface area contributed by atoms with Crippen molar-refractivity contribution in [3.63, 3.8) is 0 Å². The molecule has 0 fully saturated rings. The third-order valence-electron chi connectivity index (χ3n) is 2.40. The monoisotopic (exact) mass is 287 g/mol. The third-order valence-corrected chi connectivity index (χ3v) is 2.64. The number of aliphatic hydroxyl groups excluding tert-OH is 2. The van der Waals surface area contributed by atoms with Gasteiger partial charge in [-0.05, 0) is 17.7 Å². The quantitative estimate of drug-likeness (QED) is 0.539. The topological polar surface area (TPSA) is 95.9 Å². The lowest BCUT2D eigenvalue weighted by atomic mass is 10.0. The number of aliphatic hydroxyl groups is 2. The van der Waals surface area contributed by atoms with Crippen LogP contribution in [-0.4, -0.2) is 41.2 Å². The molecule has 0 aliphatic heterocycles. The lowest BCUT2D eigenvalue weighted by Gasteiger charge is -2.16. The molecule has 1 amide bonds. The van der Waals surface area contributed by atoms with E-state index >= 15 is 0 Å². The molecule has 6 nitrogen and oxygen atoms in total. The summed E-state index contributed by atoms with van der Waals surface area (Å²) in [7, 11) is 1.11. The average molecular weight is 288 g/mol.